The molecular weight excluding hydrogens is 450 g/mol. The number of benzene rings is 2. The SMILES string of the molecule is ClCc1cc(Br)c(OCc2ccc(Cl)cc2Cl)c(Br)c1. The summed E-state index contributed by atoms with van der Waals surface area (Å²) < 4.78 is 7.49. The lowest BCUT2D eigenvalue weighted by Gasteiger charge is -2.12. The molecule has 20 heavy (non-hydrogen) atoms. The third-order valence-electron chi connectivity index (χ3n) is 2.60. The van der Waals surface area contributed by atoms with E-state index in [-0.39, 0.29) is 0 Å². The minimum atomic E-state index is 0.355. The van der Waals surface area contributed by atoms with Crippen molar-refractivity contribution in [2.45, 2.75) is 12.5 Å². The molecule has 0 N–H and O–H groups in total. The van der Waals surface area contributed by atoms with Gasteiger partial charge in [0.1, 0.15) is 12.4 Å². The largest absolute Gasteiger partial charge is 0.486 e. The lowest BCUT2D eigenvalue weighted by molar-refractivity contribution is 0.302. The summed E-state index contributed by atoms with van der Waals surface area (Å²) >= 11 is 24.8. The Balaban J connectivity index is 2.19. The molecule has 106 valence electrons. The Hall–Kier alpha value is 0.0700. The number of alkyl halides is 1. The highest BCUT2D eigenvalue weighted by Gasteiger charge is 2.10. The Morgan fingerprint density at radius 3 is 2.20 bits per heavy atom. The summed E-state index contributed by atoms with van der Waals surface area (Å²) in [6.45, 7) is 0.355. The fourth-order valence-electron chi connectivity index (χ4n) is 1.62. The maximum atomic E-state index is 6.12. The van der Waals surface area contributed by atoms with Crippen LogP contribution in [0, 0.1) is 0 Å². The molecule has 0 saturated carbocycles. The molecule has 0 aliphatic heterocycles. The average molecular weight is 459 g/mol. The number of hydrogen-bond acceptors (Lipinski definition) is 1. The quantitative estimate of drug-likeness (QED) is 0.455. The molecule has 0 heterocycles. The van der Waals surface area contributed by atoms with Gasteiger partial charge in [0, 0.05) is 21.5 Å². The van der Waals surface area contributed by atoms with Crippen molar-refractivity contribution < 1.29 is 4.74 Å². The van der Waals surface area contributed by atoms with Crippen molar-refractivity contribution >= 4 is 66.7 Å². The Morgan fingerprint density at radius 2 is 1.65 bits per heavy atom. The smallest absolute Gasteiger partial charge is 0.148 e. The van der Waals surface area contributed by atoms with Gasteiger partial charge in [-0.2, -0.15) is 0 Å². The van der Waals surface area contributed by atoms with Gasteiger partial charge in [0.25, 0.3) is 0 Å². The van der Waals surface area contributed by atoms with Crippen LogP contribution in [0.1, 0.15) is 11.1 Å². The molecule has 0 aliphatic carbocycles. The summed E-state index contributed by atoms with van der Waals surface area (Å²) in [5.74, 6) is 1.16. The summed E-state index contributed by atoms with van der Waals surface area (Å²) in [6, 6.07) is 9.18. The van der Waals surface area contributed by atoms with Crippen LogP contribution in [0.15, 0.2) is 39.3 Å². The van der Waals surface area contributed by atoms with E-state index < -0.39 is 0 Å². The van der Waals surface area contributed by atoms with Crippen LogP contribution in [0.4, 0.5) is 0 Å². The molecule has 0 fully saturated rings. The van der Waals surface area contributed by atoms with E-state index in [1.807, 2.05) is 18.2 Å². The topological polar surface area (TPSA) is 9.23 Å². The molecule has 0 amide bonds. The molecule has 0 radical (unpaired) electrons. The van der Waals surface area contributed by atoms with E-state index in [0.29, 0.717) is 28.3 Å². The monoisotopic (exact) mass is 456 g/mol. The average Bonchev–Trinajstić information content (AvgIpc) is 2.39. The van der Waals surface area contributed by atoms with Gasteiger partial charge >= 0.3 is 0 Å². The van der Waals surface area contributed by atoms with Crippen molar-refractivity contribution in [3.8, 4) is 5.75 Å². The van der Waals surface area contributed by atoms with Crippen molar-refractivity contribution in [1.29, 1.82) is 0 Å². The first kappa shape index (κ1) is 16.4. The van der Waals surface area contributed by atoms with Crippen LogP contribution in [-0.4, -0.2) is 0 Å². The molecule has 0 unspecified atom stereocenters. The van der Waals surface area contributed by atoms with E-state index in [2.05, 4.69) is 31.9 Å². The highest BCUT2D eigenvalue weighted by Crippen LogP contribution is 2.36. The van der Waals surface area contributed by atoms with Gasteiger partial charge in [-0.15, -0.1) is 11.6 Å². The van der Waals surface area contributed by atoms with Crippen molar-refractivity contribution in [2.75, 3.05) is 0 Å². The highest BCUT2D eigenvalue weighted by atomic mass is 79.9. The van der Waals surface area contributed by atoms with Gasteiger partial charge in [-0.1, -0.05) is 29.3 Å². The molecule has 2 aromatic rings. The fraction of sp³-hybridized carbons (Fsp3) is 0.143. The van der Waals surface area contributed by atoms with Crippen molar-refractivity contribution in [3.63, 3.8) is 0 Å². The van der Waals surface area contributed by atoms with Crippen LogP contribution in [0.5, 0.6) is 5.75 Å². The zero-order valence-corrected chi connectivity index (χ0v) is 15.5. The Kier molecular flexibility index (Phi) is 6.06. The molecule has 0 saturated heterocycles. The third-order valence-corrected chi connectivity index (χ3v) is 4.67. The first-order valence-electron chi connectivity index (χ1n) is 5.62. The second-order valence-corrected chi connectivity index (χ2v) is 6.87. The maximum Gasteiger partial charge on any atom is 0.148 e. The van der Waals surface area contributed by atoms with E-state index >= 15 is 0 Å². The van der Waals surface area contributed by atoms with Gasteiger partial charge in [-0.3, -0.25) is 0 Å². The standard InChI is InChI=1S/C14H9Br2Cl3O/c15-11-3-8(6-17)4-12(16)14(11)20-7-9-1-2-10(18)5-13(9)19/h1-5H,6-7H2. The Morgan fingerprint density at radius 1 is 1.00 bits per heavy atom. The zero-order valence-electron chi connectivity index (χ0n) is 10.1. The molecule has 2 aromatic carbocycles. The lowest BCUT2D eigenvalue weighted by Crippen LogP contribution is -1.98. The first-order valence-corrected chi connectivity index (χ1v) is 8.49. The summed E-state index contributed by atoms with van der Waals surface area (Å²) in [6.07, 6.45) is 0. The lowest BCUT2D eigenvalue weighted by atomic mass is 10.2. The molecule has 0 atom stereocenters. The normalized spacial score (nSPS) is 10.7. The van der Waals surface area contributed by atoms with E-state index in [1.165, 1.54) is 0 Å². The van der Waals surface area contributed by atoms with Crippen LogP contribution >= 0.6 is 66.7 Å². The Bertz CT molecular complexity index is 609. The van der Waals surface area contributed by atoms with Gasteiger partial charge in [-0.25, -0.2) is 0 Å². The van der Waals surface area contributed by atoms with E-state index in [0.717, 1.165) is 20.1 Å². The van der Waals surface area contributed by atoms with E-state index in [4.69, 9.17) is 39.5 Å². The second kappa shape index (κ2) is 7.37. The fourth-order valence-corrected chi connectivity index (χ4v) is 3.74. The van der Waals surface area contributed by atoms with Crippen molar-refractivity contribution in [1.82, 2.24) is 0 Å². The third kappa shape index (κ3) is 4.05. The highest BCUT2D eigenvalue weighted by molar-refractivity contribution is 9.11. The molecule has 0 bridgehead atoms. The summed E-state index contributed by atoms with van der Waals surface area (Å²) in [7, 11) is 0. The number of rotatable bonds is 4. The minimum absolute atomic E-state index is 0.355. The van der Waals surface area contributed by atoms with Gasteiger partial charge in [0.15, 0.2) is 0 Å². The molecule has 0 aliphatic rings. The number of ether oxygens (including phenoxy) is 1. The predicted octanol–water partition coefficient (Wildman–Crippen LogP) is 6.84. The number of hydrogen-bond donors (Lipinski definition) is 0. The molecule has 6 heteroatoms. The van der Waals surface area contributed by atoms with Gasteiger partial charge in [0.2, 0.25) is 0 Å². The van der Waals surface area contributed by atoms with Crippen molar-refractivity contribution in [2.24, 2.45) is 0 Å². The van der Waals surface area contributed by atoms with Crippen LogP contribution in [-0.2, 0) is 12.5 Å². The van der Waals surface area contributed by atoms with Crippen LogP contribution in [0.25, 0.3) is 0 Å². The van der Waals surface area contributed by atoms with E-state index in [9.17, 15) is 0 Å². The van der Waals surface area contributed by atoms with Crippen LogP contribution in [0.3, 0.4) is 0 Å². The minimum Gasteiger partial charge on any atom is -0.486 e. The van der Waals surface area contributed by atoms with E-state index in [1.54, 1.807) is 12.1 Å². The predicted molar refractivity (Wildman–Crippen MR) is 92.2 cm³/mol. The molecule has 2 rings (SSSR count). The molecule has 1 nitrogen and oxygen atoms in total. The second-order valence-electron chi connectivity index (χ2n) is 4.05. The number of halogens is 5. The Labute approximate surface area is 149 Å². The van der Waals surface area contributed by atoms with Crippen LogP contribution in [0.2, 0.25) is 10.0 Å². The molecule has 0 aromatic heterocycles. The maximum absolute atomic E-state index is 6.12. The molecule has 0 spiro atoms. The zero-order chi connectivity index (χ0) is 14.7. The summed E-state index contributed by atoms with van der Waals surface area (Å²) in [5.41, 5.74) is 1.87. The van der Waals surface area contributed by atoms with Crippen molar-refractivity contribution in [3.05, 3.63) is 60.4 Å². The first-order chi connectivity index (χ1) is 9.51. The molecular formula is C14H9Br2Cl3O. The summed E-state index contributed by atoms with van der Waals surface area (Å²) in [5, 5.41) is 1.19. The summed E-state index contributed by atoms with van der Waals surface area (Å²) in [4.78, 5) is 0. The van der Waals surface area contributed by atoms with Gasteiger partial charge in [0.05, 0.1) is 8.95 Å². The van der Waals surface area contributed by atoms with Gasteiger partial charge in [-0.05, 0) is 61.7 Å². The van der Waals surface area contributed by atoms with Gasteiger partial charge < -0.3 is 4.74 Å². The van der Waals surface area contributed by atoms with Crippen LogP contribution < -0.4 is 4.74 Å².